The van der Waals surface area contributed by atoms with E-state index in [1.165, 1.54) is 261 Å². The highest BCUT2D eigenvalue weighted by Crippen LogP contribution is 2.63. The number of benzene rings is 25. The van der Waals surface area contributed by atoms with Gasteiger partial charge in [0.1, 0.15) is 0 Å². The summed E-state index contributed by atoms with van der Waals surface area (Å²) in [4.78, 5) is 0. The van der Waals surface area contributed by atoms with Gasteiger partial charge >= 0.3 is 0 Å². The van der Waals surface area contributed by atoms with Crippen LogP contribution in [-0.4, -0.2) is 0 Å². The molecule has 25 aromatic carbocycles. The summed E-state index contributed by atoms with van der Waals surface area (Å²) in [6.45, 7) is 0. The number of hydrogen-bond donors (Lipinski definition) is 0. The van der Waals surface area contributed by atoms with E-state index in [2.05, 4.69) is 328 Å². The molecule has 0 amide bonds. The summed E-state index contributed by atoms with van der Waals surface area (Å²) in [5.41, 5.74) is 14.4. The molecule has 0 radical (unpaired) electrons. The molecule has 0 fully saturated rings. The fraction of sp³-hybridized carbons (Fsp3) is 0. The molecular formula is C102H54. The highest BCUT2D eigenvalue weighted by atomic mass is 14.4. The van der Waals surface area contributed by atoms with Crippen molar-refractivity contribution in [1.29, 1.82) is 0 Å². The third-order valence-corrected chi connectivity index (χ3v) is 24.3. The summed E-state index contributed by atoms with van der Waals surface area (Å²) in [5, 5.41) is 45.2. The van der Waals surface area contributed by atoms with Crippen LogP contribution in [0.25, 0.3) is 261 Å². The zero-order chi connectivity index (χ0) is 65.9. The molecule has 0 heteroatoms. The molecule has 0 aliphatic carbocycles. The maximum atomic E-state index is 2.52. The molecule has 0 saturated heterocycles. The zero-order valence-corrected chi connectivity index (χ0v) is 55.2. The second-order valence-corrected chi connectivity index (χ2v) is 29.1. The largest absolute Gasteiger partial charge is 0.0610 e. The molecule has 0 atom stereocenters. The van der Waals surface area contributed by atoms with Crippen LogP contribution in [-0.2, 0) is 0 Å². The van der Waals surface area contributed by atoms with E-state index < -0.39 is 0 Å². The Labute approximate surface area is 584 Å². The van der Waals surface area contributed by atoms with Gasteiger partial charge in [-0.3, -0.25) is 0 Å². The van der Waals surface area contributed by atoms with Crippen molar-refractivity contribution in [3.05, 3.63) is 328 Å². The van der Waals surface area contributed by atoms with E-state index in [1.807, 2.05) is 0 Å². The predicted octanol–water partition coefficient (Wildman–Crippen LogP) is 29.1. The molecular weight excluding hydrogens is 1230 g/mol. The van der Waals surface area contributed by atoms with Crippen molar-refractivity contribution in [1.82, 2.24) is 0 Å². The molecule has 0 unspecified atom stereocenters. The Morgan fingerprint density at radius 3 is 0.333 bits per heavy atom. The van der Waals surface area contributed by atoms with Crippen LogP contribution in [0.4, 0.5) is 0 Å². The zero-order valence-electron chi connectivity index (χ0n) is 55.2. The average Bonchev–Trinajstić information content (AvgIpc) is 0.682. The predicted molar refractivity (Wildman–Crippen MR) is 441 cm³/mol. The van der Waals surface area contributed by atoms with E-state index in [0.29, 0.717) is 0 Å². The molecule has 102 heavy (non-hydrogen) atoms. The highest BCUT2D eigenvalue weighted by molar-refractivity contribution is 6.38. The Morgan fingerprint density at radius 2 is 0.196 bits per heavy atom. The summed E-state index contributed by atoms with van der Waals surface area (Å²) in [5.74, 6) is 0. The van der Waals surface area contributed by atoms with Gasteiger partial charge in [-0.25, -0.2) is 0 Å². The molecule has 0 N–H and O–H groups in total. The first-order valence-corrected chi connectivity index (χ1v) is 35.9. The van der Waals surface area contributed by atoms with Gasteiger partial charge in [-0.15, -0.1) is 0 Å². The minimum Gasteiger partial charge on any atom is -0.0610 e. The van der Waals surface area contributed by atoms with Gasteiger partial charge in [0, 0.05) is 0 Å². The minimum absolute atomic E-state index is 1.20. The van der Waals surface area contributed by atoms with Crippen molar-refractivity contribution in [3.63, 3.8) is 0 Å². The van der Waals surface area contributed by atoms with E-state index in [1.54, 1.807) is 0 Å². The summed E-state index contributed by atoms with van der Waals surface area (Å²) in [6.07, 6.45) is 0. The van der Waals surface area contributed by atoms with Crippen LogP contribution in [0.2, 0.25) is 0 Å². The fourth-order valence-electron chi connectivity index (χ4n) is 20.1. The lowest BCUT2D eigenvalue weighted by molar-refractivity contribution is 1.57. The summed E-state index contributed by atoms with van der Waals surface area (Å²) in [6, 6.07) is 128. The smallest absolute Gasteiger partial charge is 0.000717 e. The third-order valence-electron chi connectivity index (χ3n) is 24.3. The van der Waals surface area contributed by atoms with Gasteiger partial charge in [0.25, 0.3) is 0 Å². The van der Waals surface area contributed by atoms with E-state index in [4.69, 9.17) is 0 Å². The molecule has 0 aromatic heterocycles. The lowest BCUT2D eigenvalue weighted by Crippen LogP contribution is -2.05. The van der Waals surface area contributed by atoms with Gasteiger partial charge in [-0.2, -0.15) is 0 Å². The van der Waals surface area contributed by atoms with Crippen molar-refractivity contribution >= 4 is 194 Å². The van der Waals surface area contributed by atoms with Gasteiger partial charge in [-0.05, 0) is 261 Å². The van der Waals surface area contributed by atoms with Crippen molar-refractivity contribution in [2.24, 2.45) is 0 Å². The Bertz CT molecular complexity index is 6650. The van der Waals surface area contributed by atoms with Crippen LogP contribution >= 0.6 is 0 Å². The second kappa shape index (κ2) is 19.3. The number of hydrogen-bond acceptors (Lipinski definition) is 0. The molecule has 0 spiro atoms. The van der Waals surface area contributed by atoms with Crippen molar-refractivity contribution in [3.8, 4) is 66.8 Å². The lowest BCUT2D eigenvalue weighted by Gasteiger charge is -2.32. The van der Waals surface area contributed by atoms with E-state index in [0.717, 1.165) is 0 Å². The molecule has 0 bridgehead atoms. The molecule has 0 aliphatic rings. The monoisotopic (exact) mass is 1280 g/mol. The van der Waals surface area contributed by atoms with E-state index >= 15 is 0 Å². The Kier molecular flexibility index (Phi) is 10.2. The van der Waals surface area contributed by atoms with Crippen LogP contribution in [0.1, 0.15) is 0 Å². The maximum Gasteiger partial charge on any atom is -0.000717 e. The van der Waals surface area contributed by atoms with Crippen LogP contribution < -0.4 is 0 Å². The van der Waals surface area contributed by atoms with Crippen LogP contribution in [0.15, 0.2) is 328 Å². The first kappa shape index (κ1) is 53.7. The molecule has 0 nitrogen and oxygen atoms in total. The Morgan fingerprint density at radius 1 is 0.0882 bits per heavy atom. The Balaban J connectivity index is 1.02. The summed E-state index contributed by atoms with van der Waals surface area (Å²) in [7, 11) is 0. The summed E-state index contributed by atoms with van der Waals surface area (Å²) < 4.78 is 0. The van der Waals surface area contributed by atoms with Gasteiger partial charge in [0.15, 0.2) is 0 Å². The average molecular weight is 1280 g/mol. The van der Waals surface area contributed by atoms with Crippen LogP contribution in [0.5, 0.6) is 0 Å². The van der Waals surface area contributed by atoms with Gasteiger partial charge in [0.05, 0.1) is 0 Å². The minimum atomic E-state index is 1.20. The quantitative estimate of drug-likeness (QED) is 0.146. The van der Waals surface area contributed by atoms with E-state index in [-0.39, 0.29) is 0 Å². The highest BCUT2D eigenvalue weighted by Gasteiger charge is 2.35. The first-order valence-electron chi connectivity index (χ1n) is 35.9. The van der Waals surface area contributed by atoms with E-state index in [9.17, 15) is 0 Å². The topological polar surface area (TPSA) is 0 Å². The Hall–Kier alpha value is -13.3. The lowest BCUT2D eigenvalue weighted by atomic mass is 9.70. The number of rotatable bonds is 6. The normalized spacial score (nSPS) is 12.7. The van der Waals surface area contributed by atoms with Crippen LogP contribution in [0.3, 0.4) is 0 Å². The maximum absolute atomic E-state index is 2.52. The fourth-order valence-corrected chi connectivity index (χ4v) is 20.1. The molecule has 462 valence electrons. The second-order valence-electron chi connectivity index (χ2n) is 29.1. The third kappa shape index (κ3) is 6.87. The first-order chi connectivity index (χ1) is 50.6. The molecule has 0 heterocycles. The van der Waals surface area contributed by atoms with Crippen molar-refractivity contribution in [2.75, 3.05) is 0 Å². The SMILES string of the molecule is c1cc2ccc3ccc(-c4c(-c5ccc6ccc7cccc8ccc5c6c78)c(-c5ccc6ccc7cccc8ccc5c6c78)c(-c5ccc6ccc7cccc8ccc5c6c78)c(-c5ccc6ccc7cccc8ccc5c6c78)c4-c4ccc5ccc6cccc7ccc4c5c67)c4ccc(c1)c2c34. The summed E-state index contributed by atoms with van der Waals surface area (Å²) >= 11 is 0. The molecule has 25 aromatic rings. The van der Waals surface area contributed by atoms with Crippen molar-refractivity contribution in [2.45, 2.75) is 0 Å². The van der Waals surface area contributed by atoms with Gasteiger partial charge < -0.3 is 0 Å². The van der Waals surface area contributed by atoms with Crippen LogP contribution in [0, 0.1) is 0 Å². The molecule has 25 rings (SSSR count). The van der Waals surface area contributed by atoms with Crippen molar-refractivity contribution < 1.29 is 0 Å². The van der Waals surface area contributed by atoms with Gasteiger partial charge in [0.2, 0.25) is 0 Å². The van der Waals surface area contributed by atoms with Gasteiger partial charge in [-0.1, -0.05) is 328 Å². The standard InChI is InChI=1S/C102H54/c1-7-55-19-25-67-37-49-79(73-43-31-61(13-1)85(55)91(67)73)97-98(80-50-38-68-26-20-56-8-2-14-62-32-44-74(80)92(68)86(56)62)100(82-52-40-70-28-22-58-10-4-16-64-34-46-76(82)94(70)88(58)64)102(84-54-42-72-30-24-60-12-6-18-66-36-48-78(84)96(72)90(60)66)101(83-53-41-71-29-23-59-11-5-17-65-35-47-77(83)95(71)89(59)65)99(97)81-51-39-69-27-21-57-9-3-15-63-33-45-75(81)93(69)87(57)63/h1-54H. The molecule has 0 aliphatic heterocycles. The molecule has 0 saturated carbocycles.